The Hall–Kier alpha value is -1.11. The zero-order valence-corrected chi connectivity index (χ0v) is 16.5. The Balaban J connectivity index is 1.56. The molecule has 6 nitrogen and oxygen atoms in total. The van der Waals surface area contributed by atoms with Gasteiger partial charge in [-0.2, -0.15) is 0 Å². The van der Waals surface area contributed by atoms with Gasteiger partial charge < -0.3 is 9.80 Å². The second-order valence-electron chi connectivity index (χ2n) is 8.14. The molecular weight excluding hydrogens is 352 g/mol. The number of Topliss-reactive ketones (excluding diaryl/α,β-unsaturated/α-hetero) is 1. The van der Waals surface area contributed by atoms with Gasteiger partial charge in [-0.1, -0.05) is 32.1 Å². The Morgan fingerprint density at radius 1 is 0.846 bits per heavy atom. The largest absolute Gasteiger partial charge is 0.323 e. The Kier molecular flexibility index (Phi) is 6.59. The summed E-state index contributed by atoms with van der Waals surface area (Å²) in [5.74, 6) is 0.945. The lowest BCUT2D eigenvalue weighted by Gasteiger charge is -2.39. The van der Waals surface area contributed by atoms with E-state index in [0.717, 1.165) is 25.7 Å². The number of amides is 2. The molecule has 148 valence electrons. The van der Waals surface area contributed by atoms with Gasteiger partial charge in [-0.3, -0.25) is 4.79 Å². The molecule has 3 fully saturated rings. The molecule has 1 saturated carbocycles. The zero-order valence-electron chi connectivity index (χ0n) is 15.7. The van der Waals surface area contributed by atoms with Gasteiger partial charge in [0.2, 0.25) is 0 Å². The number of nitrogens with zero attached hydrogens (tertiary/aromatic N) is 2. The quantitative estimate of drug-likeness (QED) is 0.747. The highest BCUT2D eigenvalue weighted by Gasteiger charge is 2.36. The zero-order chi connectivity index (χ0) is 18.6. The fraction of sp³-hybridized carbons (Fsp3) is 0.895. The van der Waals surface area contributed by atoms with Gasteiger partial charge in [-0.05, 0) is 31.6 Å². The van der Waals surface area contributed by atoms with Crippen LogP contribution in [0, 0.1) is 5.92 Å². The Morgan fingerprint density at radius 2 is 1.50 bits per heavy atom. The summed E-state index contributed by atoms with van der Waals surface area (Å²) in [5.41, 5.74) is 0. The molecule has 1 atom stereocenters. The number of hydrogen-bond donors (Lipinski definition) is 0. The predicted octanol–water partition coefficient (Wildman–Crippen LogP) is 2.62. The molecule has 1 aliphatic carbocycles. The van der Waals surface area contributed by atoms with Crippen LogP contribution in [0.3, 0.4) is 0 Å². The number of urea groups is 1. The average Bonchev–Trinajstić information content (AvgIpc) is 2.66. The van der Waals surface area contributed by atoms with Crippen molar-refractivity contribution in [2.75, 3.05) is 31.1 Å². The highest BCUT2D eigenvalue weighted by Crippen LogP contribution is 2.29. The molecule has 0 aromatic carbocycles. The molecule has 2 heterocycles. The van der Waals surface area contributed by atoms with E-state index < -0.39 is 9.84 Å². The van der Waals surface area contributed by atoms with Crippen molar-refractivity contribution < 1.29 is 18.0 Å². The topological polar surface area (TPSA) is 74.8 Å². The lowest BCUT2D eigenvalue weighted by Crippen LogP contribution is -2.56. The number of hydrogen-bond acceptors (Lipinski definition) is 4. The molecule has 26 heavy (non-hydrogen) atoms. The number of rotatable bonds is 4. The molecule has 0 radical (unpaired) electrons. The molecule has 0 N–H and O–H groups in total. The second kappa shape index (κ2) is 8.72. The van der Waals surface area contributed by atoms with Gasteiger partial charge in [-0.15, -0.1) is 0 Å². The first-order chi connectivity index (χ1) is 12.5. The molecule has 0 aromatic rings. The summed E-state index contributed by atoms with van der Waals surface area (Å²) in [6.07, 6.45) is 10.6. The summed E-state index contributed by atoms with van der Waals surface area (Å²) in [4.78, 5) is 29.1. The fourth-order valence-corrected chi connectivity index (χ4v) is 5.77. The van der Waals surface area contributed by atoms with Gasteiger partial charge in [-0.25, -0.2) is 13.2 Å². The van der Waals surface area contributed by atoms with Crippen LogP contribution in [0.2, 0.25) is 0 Å². The van der Waals surface area contributed by atoms with Crippen LogP contribution >= 0.6 is 0 Å². The molecule has 0 bridgehead atoms. The van der Waals surface area contributed by atoms with Crippen LogP contribution in [-0.2, 0) is 14.6 Å². The third-order valence-electron chi connectivity index (χ3n) is 6.26. The van der Waals surface area contributed by atoms with E-state index in [-0.39, 0.29) is 42.5 Å². The van der Waals surface area contributed by atoms with Crippen LogP contribution in [-0.4, -0.2) is 67.2 Å². The van der Waals surface area contributed by atoms with Gasteiger partial charge in [0.25, 0.3) is 0 Å². The van der Waals surface area contributed by atoms with Gasteiger partial charge in [0.05, 0.1) is 17.5 Å². The molecule has 2 aliphatic heterocycles. The van der Waals surface area contributed by atoms with Crippen molar-refractivity contribution in [1.29, 1.82) is 0 Å². The third kappa shape index (κ3) is 4.99. The first kappa shape index (κ1) is 19.6. The van der Waals surface area contributed by atoms with E-state index in [2.05, 4.69) is 0 Å². The maximum absolute atomic E-state index is 12.9. The van der Waals surface area contributed by atoms with E-state index in [1.165, 1.54) is 32.1 Å². The van der Waals surface area contributed by atoms with Crippen LogP contribution < -0.4 is 0 Å². The lowest BCUT2D eigenvalue weighted by molar-refractivity contribution is -0.124. The Morgan fingerprint density at radius 3 is 2.19 bits per heavy atom. The van der Waals surface area contributed by atoms with Gasteiger partial charge >= 0.3 is 6.03 Å². The van der Waals surface area contributed by atoms with Crippen molar-refractivity contribution in [2.45, 2.75) is 70.3 Å². The molecule has 7 heteroatoms. The summed E-state index contributed by atoms with van der Waals surface area (Å²) < 4.78 is 23.2. The molecule has 0 aromatic heterocycles. The van der Waals surface area contributed by atoms with Crippen molar-refractivity contribution in [1.82, 2.24) is 9.80 Å². The summed E-state index contributed by atoms with van der Waals surface area (Å²) in [6, 6.07) is -0.450. The molecule has 0 unspecified atom stereocenters. The normalized spacial score (nSPS) is 27.3. The Bertz CT molecular complexity index is 599. The molecule has 2 amide bonds. The highest BCUT2D eigenvalue weighted by atomic mass is 32.2. The van der Waals surface area contributed by atoms with E-state index in [4.69, 9.17) is 0 Å². The summed E-state index contributed by atoms with van der Waals surface area (Å²) in [7, 11) is -3.01. The predicted molar refractivity (Wildman–Crippen MR) is 101 cm³/mol. The average molecular weight is 385 g/mol. The minimum atomic E-state index is -3.01. The van der Waals surface area contributed by atoms with E-state index in [9.17, 15) is 18.0 Å². The maximum atomic E-state index is 12.9. The van der Waals surface area contributed by atoms with Crippen molar-refractivity contribution >= 4 is 21.7 Å². The molecule has 0 spiro atoms. The molecule has 3 aliphatic rings. The highest BCUT2D eigenvalue weighted by molar-refractivity contribution is 7.91. The first-order valence-corrected chi connectivity index (χ1v) is 12.1. The lowest BCUT2D eigenvalue weighted by atomic mass is 9.84. The van der Waals surface area contributed by atoms with Crippen molar-refractivity contribution in [3.05, 3.63) is 0 Å². The first-order valence-electron chi connectivity index (χ1n) is 10.2. The maximum Gasteiger partial charge on any atom is 0.320 e. The molecular formula is C19H32N2O4S. The van der Waals surface area contributed by atoms with E-state index in [1.54, 1.807) is 9.80 Å². The van der Waals surface area contributed by atoms with Crippen LogP contribution in [0.15, 0.2) is 0 Å². The van der Waals surface area contributed by atoms with Crippen molar-refractivity contribution in [3.8, 4) is 0 Å². The summed E-state index contributed by atoms with van der Waals surface area (Å²) in [6.45, 7) is 1.11. The van der Waals surface area contributed by atoms with Crippen LogP contribution in [0.5, 0.6) is 0 Å². The number of likely N-dealkylation sites (tertiary alicyclic amines) is 1. The Labute approximate surface area is 157 Å². The number of carbonyl (C=O) groups excluding carboxylic acids is 2. The molecule has 3 rings (SSSR count). The number of piperidine rings is 1. The minimum absolute atomic E-state index is 0.0346. The number of carbonyl (C=O) groups is 2. The SMILES string of the molecule is O=C(CCC1CCCCC1)[C@@H]1CCCCN1C(=O)N1CCS(=O)(=O)CC1. The molecule has 2 saturated heterocycles. The van der Waals surface area contributed by atoms with E-state index in [0.29, 0.717) is 18.9 Å². The van der Waals surface area contributed by atoms with Crippen molar-refractivity contribution in [3.63, 3.8) is 0 Å². The van der Waals surface area contributed by atoms with Gasteiger partial charge in [0, 0.05) is 26.1 Å². The van der Waals surface area contributed by atoms with Crippen molar-refractivity contribution in [2.24, 2.45) is 5.92 Å². The third-order valence-corrected chi connectivity index (χ3v) is 7.87. The van der Waals surface area contributed by atoms with Crippen LogP contribution in [0.1, 0.15) is 64.2 Å². The number of sulfone groups is 1. The van der Waals surface area contributed by atoms with Gasteiger partial charge in [0.1, 0.15) is 0 Å². The minimum Gasteiger partial charge on any atom is -0.323 e. The monoisotopic (exact) mass is 384 g/mol. The van der Waals surface area contributed by atoms with Crippen LogP contribution in [0.25, 0.3) is 0 Å². The number of ketones is 1. The standard InChI is InChI=1S/C19H32N2O4S/c22-18(10-9-16-6-2-1-3-7-16)17-8-4-5-11-21(17)19(23)20-12-14-26(24,25)15-13-20/h16-17H,1-15H2/t17-/m0/s1. The van der Waals surface area contributed by atoms with E-state index in [1.807, 2.05) is 0 Å². The smallest absolute Gasteiger partial charge is 0.320 e. The summed E-state index contributed by atoms with van der Waals surface area (Å²) in [5, 5.41) is 0. The second-order valence-corrected chi connectivity index (χ2v) is 10.4. The van der Waals surface area contributed by atoms with Crippen LogP contribution in [0.4, 0.5) is 4.79 Å². The van der Waals surface area contributed by atoms with Gasteiger partial charge in [0.15, 0.2) is 15.6 Å². The van der Waals surface area contributed by atoms with E-state index >= 15 is 0 Å². The fourth-order valence-electron chi connectivity index (χ4n) is 4.57. The summed E-state index contributed by atoms with van der Waals surface area (Å²) >= 11 is 0.